The molecular weight excluding hydrogens is 594 g/mol. The predicted molar refractivity (Wildman–Crippen MR) is 147 cm³/mol. The van der Waals surface area contributed by atoms with Gasteiger partial charge in [0.05, 0.1) is 21.6 Å². The highest BCUT2D eigenvalue weighted by molar-refractivity contribution is 9.12. The zero-order valence-corrected chi connectivity index (χ0v) is 23.4. The van der Waals surface area contributed by atoms with Crippen molar-refractivity contribution in [3.63, 3.8) is 0 Å². The van der Waals surface area contributed by atoms with Crippen LogP contribution in [-0.4, -0.2) is 49.3 Å². The van der Waals surface area contributed by atoms with Crippen LogP contribution in [0.25, 0.3) is 0 Å². The molecular formula is C25H27Br2N5O2S. The zero-order valence-electron chi connectivity index (χ0n) is 19.4. The van der Waals surface area contributed by atoms with Crippen molar-refractivity contribution in [2.75, 3.05) is 19.6 Å². The third-order valence-electron chi connectivity index (χ3n) is 5.90. The van der Waals surface area contributed by atoms with Crippen molar-refractivity contribution in [3.8, 4) is 0 Å². The van der Waals surface area contributed by atoms with Crippen molar-refractivity contribution in [3.05, 3.63) is 80.8 Å². The van der Waals surface area contributed by atoms with E-state index in [0.717, 1.165) is 44.5 Å². The van der Waals surface area contributed by atoms with Crippen molar-refractivity contribution in [2.45, 2.75) is 31.2 Å². The van der Waals surface area contributed by atoms with Crippen LogP contribution in [0, 0.1) is 5.92 Å². The van der Waals surface area contributed by atoms with Crippen LogP contribution in [0.1, 0.15) is 25.3 Å². The fourth-order valence-corrected chi connectivity index (χ4v) is 6.17. The summed E-state index contributed by atoms with van der Waals surface area (Å²) in [5, 5.41) is 3.42. The average Bonchev–Trinajstić information content (AvgIpc) is 3.27. The Labute approximate surface area is 223 Å². The summed E-state index contributed by atoms with van der Waals surface area (Å²) < 4.78 is 30.0. The lowest BCUT2D eigenvalue weighted by atomic mass is 9.93. The minimum absolute atomic E-state index is 0.0301. The van der Waals surface area contributed by atoms with Gasteiger partial charge in [-0.1, -0.05) is 22.0 Å². The first-order valence-corrected chi connectivity index (χ1v) is 14.4. The number of hydrogen-bond donors (Lipinski definition) is 1. The second-order valence-corrected chi connectivity index (χ2v) is 12.2. The fourth-order valence-electron chi connectivity index (χ4n) is 4.02. The van der Waals surface area contributed by atoms with Gasteiger partial charge >= 0.3 is 0 Å². The molecule has 1 N–H and O–H groups in total. The summed E-state index contributed by atoms with van der Waals surface area (Å²) in [6.07, 6.45) is 9.01. The van der Waals surface area contributed by atoms with Gasteiger partial charge in [0, 0.05) is 60.0 Å². The number of nitrogens with one attached hydrogen (secondary N) is 1. The molecule has 35 heavy (non-hydrogen) atoms. The number of aromatic nitrogens is 1. The van der Waals surface area contributed by atoms with Crippen LogP contribution in [0.5, 0.6) is 0 Å². The minimum atomic E-state index is -3.59. The molecule has 1 atom stereocenters. The molecule has 0 saturated carbocycles. The van der Waals surface area contributed by atoms with Crippen molar-refractivity contribution in [2.24, 2.45) is 15.9 Å². The van der Waals surface area contributed by atoms with Crippen molar-refractivity contribution >= 4 is 53.8 Å². The third kappa shape index (κ3) is 6.75. The van der Waals surface area contributed by atoms with Gasteiger partial charge in [-0.05, 0) is 77.7 Å². The van der Waals surface area contributed by atoms with E-state index in [-0.39, 0.29) is 5.92 Å². The highest BCUT2D eigenvalue weighted by Gasteiger charge is 2.32. The lowest BCUT2D eigenvalue weighted by molar-refractivity contribution is 0.312. The van der Waals surface area contributed by atoms with Crippen molar-refractivity contribution in [1.29, 1.82) is 0 Å². The van der Waals surface area contributed by atoms with Gasteiger partial charge in [-0.3, -0.25) is 15.0 Å². The predicted octanol–water partition coefficient (Wildman–Crippen LogP) is 5.07. The number of pyridine rings is 1. The molecule has 2 aliphatic heterocycles. The topological polar surface area (TPSA) is 87.0 Å². The lowest BCUT2D eigenvalue weighted by Gasteiger charge is -2.32. The third-order valence-corrected chi connectivity index (χ3v) is 8.97. The molecule has 1 saturated heterocycles. The van der Waals surface area contributed by atoms with E-state index in [1.807, 2.05) is 31.3 Å². The van der Waals surface area contributed by atoms with Gasteiger partial charge in [0.15, 0.2) is 0 Å². The Morgan fingerprint density at radius 1 is 1.26 bits per heavy atom. The smallest absolute Gasteiger partial charge is 0.243 e. The zero-order chi connectivity index (χ0) is 24.8. The summed E-state index contributed by atoms with van der Waals surface area (Å²) >= 11 is 6.91. The van der Waals surface area contributed by atoms with Gasteiger partial charge < -0.3 is 5.32 Å². The van der Waals surface area contributed by atoms with E-state index < -0.39 is 10.0 Å². The molecule has 184 valence electrons. The molecule has 1 aromatic carbocycles. The molecule has 7 nitrogen and oxygen atoms in total. The molecule has 2 aliphatic rings. The maximum absolute atomic E-state index is 13.3. The Hall–Kier alpha value is -2.14. The highest BCUT2D eigenvalue weighted by Crippen LogP contribution is 2.27. The van der Waals surface area contributed by atoms with Crippen LogP contribution in [0.15, 0.2) is 90.1 Å². The first-order chi connectivity index (χ1) is 16.8. The van der Waals surface area contributed by atoms with Crippen molar-refractivity contribution in [1.82, 2.24) is 14.6 Å². The number of nitrogens with zero attached hydrogens (tertiary/aromatic N) is 4. The number of hydrogen-bond acceptors (Lipinski definition) is 6. The molecule has 0 spiro atoms. The van der Waals surface area contributed by atoms with E-state index in [1.165, 1.54) is 0 Å². The molecule has 0 aliphatic carbocycles. The van der Waals surface area contributed by atoms with Gasteiger partial charge in [0.1, 0.15) is 0 Å². The minimum Gasteiger partial charge on any atom is -0.384 e. The molecule has 0 amide bonds. The molecule has 1 fully saturated rings. The van der Waals surface area contributed by atoms with Crippen molar-refractivity contribution < 1.29 is 8.42 Å². The number of piperidine rings is 1. The summed E-state index contributed by atoms with van der Waals surface area (Å²) in [6, 6.07) is 10.7. The Bertz CT molecular complexity index is 1270. The van der Waals surface area contributed by atoms with E-state index in [2.05, 4.69) is 47.2 Å². The van der Waals surface area contributed by atoms with Crippen LogP contribution in [0.4, 0.5) is 0 Å². The SMILES string of the molecule is C/C(=C\C(=NC1=C(Br)C=NC1)C1CCCN(S(=O)(=O)c2ccc(Br)cc2)C1)NCc1cccnc1. The average molecular weight is 621 g/mol. The molecule has 3 heterocycles. The van der Waals surface area contributed by atoms with Crippen LogP contribution < -0.4 is 5.32 Å². The van der Waals surface area contributed by atoms with Gasteiger partial charge in [-0.15, -0.1) is 0 Å². The summed E-state index contributed by atoms with van der Waals surface area (Å²) in [5.74, 6) is -0.0301. The monoisotopic (exact) mass is 619 g/mol. The fraction of sp³-hybridized carbons (Fsp3) is 0.320. The molecule has 2 aromatic rings. The maximum atomic E-state index is 13.3. The largest absolute Gasteiger partial charge is 0.384 e. The van der Waals surface area contributed by atoms with E-state index in [4.69, 9.17) is 4.99 Å². The Morgan fingerprint density at radius 3 is 2.74 bits per heavy atom. The Balaban J connectivity index is 1.57. The summed E-state index contributed by atoms with van der Waals surface area (Å²) in [7, 11) is -3.59. The molecule has 10 heteroatoms. The van der Waals surface area contributed by atoms with E-state index in [1.54, 1.807) is 41.0 Å². The molecule has 0 bridgehead atoms. The van der Waals surface area contributed by atoms with Crippen LogP contribution in [0.3, 0.4) is 0 Å². The number of rotatable bonds is 8. The quantitative estimate of drug-likeness (QED) is 0.418. The van der Waals surface area contributed by atoms with E-state index >= 15 is 0 Å². The Morgan fingerprint density at radius 2 is 2.06 bits per heavy atom. The van der Waals surface area contributed by atoms with Crippen LogP contribution >= 0.6 is 31.9 Å². The number of allylic oxidation sites excluding steroid dienone is 3. The molecule has 0 radical (unpaired) electrons. The number of aliphatic imine (C=N–C) groups is 2. The molecule has 4 rings (SSSR count). The maximum Gasteiger partial charge on any atom is 0.243 e. The number of benzene rings is 1. The summed E-state index contributed by atoms with van der Waals surface area (Å²) in [4.78, 5) is 13.7. The number of halogens is 2. The van der Waals surface area contributed by atoms with Gasteiger partial charge in [-0.25, -0.2) is 8.42 Å². The van der Waals surface area contributed by atoms with Gasteiger partial charge in [0.2, 0.25) is 10.0 Å². The first-order valence-electron chi connectivity index (χ1n) is 11.4. The lowest BCUT2D eigenvalue weighted by Crippen LogP contribution is -2.42. The Kier molecular flexibility index (Phi) is 8.69. The normalized spacial score (nSPS) is 19.9. The highest BCUT2D eigenvalue weighted by atomic mass is 79.9. The van der Waals surface area contributed by atoms with Gasteiger partial charge in [0.25, 0.3) is 0 Å². The summed E-state index contributed by atoms with van der Waals surface area (Å²) in [6.45, 7) is 4.04. The second kappa shape index (κ2) is 11.7. The van der Waals surface area contributed by atoms with E-state index in [9.17, 15) is 8.42 Å². The van der Waals surface area contributed by atoms with Gasteiger partial charge in [-0.2, -0.15) is 4.31 Å². The van der Waals surface area contributed by atoms with Crippen LogP contribution in [-0.2, 0) is 16.6 Å². The molecule has 1 unspecified atom stereocenters. The first kappa shape index (κ1) is 25.9. The van der Waals surface area contributed by atoms with Crippen LogP contribution in [0.2, 0.25) is 0 Å². The summed E-state index contributed by atoms with van der Waals surface area (Å²) in [5.41, 5.74) is 3.74. The molecule has 1 aromatic heterocycles. The van der Waals surface area contributed by atoms with E-state index in [0.29, 0.717) is 31.1 Å². The number of sulfonamides is 1. The standard InChI is InChI=1S/C25H27Br2N5O2S/c1-18(30-14-19-4-2-10-28-13-19)12-24(31-25-16-29-15-23(25)27)20-5-3-11-32(17-20)35(33,34)22-8-6-21(26)7-9-22/h2,4,6-10,12-13,15,20,30H,3,5,11,14,16-17H2,1H3/b18-12+,31-24?. The second-order valence-electron chi connectivity index (χ2n) is 8.50.